The number of anilines is 6. The number of aromatic nitrogens is 2. The van der Waals surface area contributed by atoms with E-state index in [9.17, 15) is 0 Å². The number of halogens is 1. The summed E-state index contributed by atoms with van der Waals surface area (Å²) in [5, 5.41) is 10.7. The molecule has 0 amide bonds. The molecule has 0 atom stereocenters. The molecule has 0 unspecified atom stereocenters. The molecule has 0 saturated heterocycles. The standard InChI is InChI=1S/C62H49ClN4/c1-61(2,3)38-24-28-40(29-25-38)64(42-32-34-46-50-18-11-16-48-44-14-7-9-20-52(44)66(59(48)50)56(46)36-42)54-22-13-23-55(58(54)63)65(41-30-26-39(27-31-41)62(4,5)6)43-33-35-47-51-19-12-17-49-45-15-8-10-21-53(45)67(60(49)51)57(47)37-43/h7-37H,1-6H3. The molecule has 4 heterocycles. The molecule has 0 bridgehead atoms. The molecule has 4 aromatic heterocycles. The van der Waals surface area contributed by atoms with Crippen LogP contribution in [-0.4, -0.2) is 8.80 Å². The van der Waals surface area contributed by atoms with Gasteiger partial charge < -0.3 is 18.6 Å². The topological polar surface area (TPSA) is 15.3 Å². The van der Waals surface area contributed by atoms with Gasteiger partial charge in [-0.15, -0.1) is 0 Å². The van der Waals surface area contributed by atoms with E-state index in [2.05, 4.69) is 248 Å². The van der Waals surface area contributed by atoms with Gasteiger partial charge in [0.25, 0.3) is 0 Å². The summed E-state index contributed by atoms with van der Waals surface area (Å²) in [5.41, 5.74) is 15.7. The van der Waals surface area contributed by atoms with Crippen LogP contribution in [0.25, 0.3) is 76.2 Å². The first-order chi connectivity index (χ1) is 32.4. The number of para-hydroxylation sites is 4. The number of hydrogen-bond acceptors (Lipinski definition) is 2. The van der Waals surface area contributed by atoms with Crippen LogP contribution >= 0.6 is 11.6 Å². The number of rotatable bonds is 6. The molecule has 13 aromatic rings. The normalized spacial score (nSPS) is 12.7. The monoisotopic (exact) mass is 884 g/mol. The summed E-state index contributed by atoms with van der Waals surface area (Å²) < 4.78 is 4.91. The molecule has 324 valence electrons. The Balaban J connectivity index is 1.05. The average Bonchev–Trinajstić information content (AvgIpc) is 4.06. The third-order valence-electron chi connectivity index (χ3n) is 14.4. The molecule has 0 aliphatic heterocycles. The summed E-state index contributed by atoms with van der Waals surface area (Å²) in [7, 11) is 0. The van der Waals surface area contributed by atoms with E-state index < -0.39 is 0 Å². The minimum atomic E-state index is 0.000103. The highest BCUT2D eigenvalue weighted by Crippen LogP contribution is 2.50. The lowest BCUT2D eigenvalue weighted by atomic mass is 9.87. The summed E-state index contributed by atoms with van der Waals surface area (Å²) in [5.74, 6) is 0. The fourth-order valence-corrected chi connectivity index (χ4v) is 11.3. The molecule has 0 spiro atoms. The minimum Gasteiger partial charge on any atom is -0.309 e. The van der Waals surface area contributed by atoms with Crippen molar-refractivity contribution in [3.8, 4) is 0 Å². The zero-order valence-corrected chi connectivity index (χ0v) is 39.3. The summed E-state index contributed by atoms with van der Waals surface area (Å²) in [6, 6.07) is 69.3. The molecule has 4 nitrogen and oxygen atoms in total. The third-order valence-corrected chi connectivity index (χ3v) is 14.7. The van der Waals surface area contributed by atoms with Gasteiger partial charge >= 0.3 is 0 Å². The van der Waals surface area contributed by atoms with Gasteiger partial charge in [-0.05, 0) is 94.8 Å². The molecule has 67 heavy (non-hydrogen) atoms. The van der Waals surface area contributed by atoms with E-state index in [1.165, 1.54) is 87.3 Å². The average molecular weight is 886 g/mol. The molecule has 13 rings (SSSR count). The highest BCUT2D eigenvalue weighted by molar-refractivity contribution is 6.37. The first-order valence-electron chi connectivity index (χ1n) is 23.4. The lowest BCUT2D eigenvalue weighted by Gasteiger charge is -2.31. The van der Waals surface area contributed by atoms with Crippen molar-refractivity contribution in [1.82, 2.24) is 8.80 Å². The Labute approximate surface area is 395 Å². The molecule has 0 N–H and O–H groups in total. The van der Waals surface area contributed by atoms with Crippen molar-refractivity contribution >= 4 is 122 Å². The number of hydrogen-bond donors (Lipinski definition) is 0. The Hall–Kier alpha value is -7.53. The van der Waals surface area contributed by atoms with Crippen molar-refractivity contribution in [3.05, 3.63) is 204 Å². The van der Waals surface area contributed by atoms with E-state index in [0.717, 1.165) is 34.1 Å². The third kappa shape index (κ3) is 5.85. The quantitative estimate of drug-likeness (QED) is 0.165. The van der Waals surface area contributed by atoms with Crippen molar-refractivity contribution < 1.29 is 0 Å². The van der Waals surface area contributed by atoms with Gasteiger partial charge in [0.1, 0.15) is 0 Å². The second kappa shape index (κ2) is 14.2. The van der Waals surface area contributed by atoms with Gasteiger partial charge in [-0.25, -0.2) is 0 Å². The summed E-state index contributed by atoms with van der Waals surface area (Å²) in [6.07, 6.45) is 0. The smallest absolute Gasteiger partial charge is 0.0887 e. The maximum absolute atomic E-state index is 8.04. The van der Waals surface area contributed by atoms with Crippen LogP contribution in [0.1, 0.15) is 52.7 Å². The summed E-state index contributed by atoms with van der Waals surface area (Å²) in [4.78, 5) is 4.68. The van der Waals surface area contributed by atoms with Crippen molar-refractivity contribution in [3.63, 3.8) is 0 Å². The van der Waals surface area contributed by atoms with E-state index in [4.69, 9.17) is 11.6 Å². The molecule has 0 aliphatic rings. The van der Waals surface area contributed by atoms with Crippen LogP contribution in [0.2, 0.25) is 5.02 Å². The van der Waals surface area contributed by atoms with Gasteiger partial charge in [-0.2, -0.15) is 0 Å². The van der Waals surface area contributed by atoms with Crippen molar-refractivity contribution in [1.29, 1.82) is 0 Å². The lowest BCUT2D eigenvalue weighted by Crippen LogP contribution is -2.16. The van der Waals surface area contributed by atoms with Gasteiger partial charge in [-0.1, -0.05) is 168 Å². The first kappa shape index (κ1) is 39.8. The summed E-state index contributed by atoms with van der Waals surface area (Å²) in [6.45, 7) is 13.6. The lowest BCUT2D eigenvalue weighted by molar-refractivity contribution is 0.590. The van der Waals surface area contributed by atoms with E-state index >= 15 is 0 Å². The minimum absolute atomic E-state index is 0.000103. The Morgan fingerprint density at radius 3 is 1.04 bits per heavy atom. The zero-order chi connectivity index (χ0) is 45.5. The van der Waals surface area contributed by atoms with Crippen LogP contribution in [0.5, 0.6) is 0 Å². The fourth-order valence-electron chi connectivity index (χ4n) is 11.0. The van der Waals surface area contributed by atoms with Gasteiger partial charge in [0.2, 0.25) is 0 Å². The largest absolute Gasteiger partial charge is 0.309 e. The Morgan fingerprint density at radius 2 is 0.657 bits per heavy atom. The van der Waals surface area contributed by atoms with E-state index in [0.29, 0.717) is 5.02 Å². The number of fused-ring (bicyclic) bond motifs is 12. The molecular formula is C62H49ClN4. The second-order valence-corrected chi connectivity index (χ2v) is 20.8. The van der Waals surface area contributed by atoms with Gasteiger partial charge in [0.05, 0.1) is 49.5 Å². The van der Waals surface area contributed by atoms with E-state index in [-0.39, 0.29) is 10.8 Å². The molecule has 0 radical (unpaired) electrons. The molecular weight excluding hydrogens is 836 g/mol. The molecule has 0 saturated carbocycles. The zero-order valence-electron chi connectivity index (χ0n) is 38.6. The predicted octanol–water partition coefficient (Wildman–Crippen LogP) is 18.2. The Morgan fingerprint density at radius 1 is 0.328 bits per heavy atom. The molecule has 0 fully saturated rings. The fraction of sp³-hybridized carbons (Fsp3) is 0.129. The van der Waals surface area contributed by atoms with Crippen LogP contribution in [0, 0.1) is 0 Å². The molecule has 0 aliphatic carbocycles. The van der Waals surface area contributed by atoms with E-state index in [1.807, 2.05) is 0 Å². The van der Waals surface area contributed by atoms with Crippen LogP contribution < -0.4 is 9.80 Å². The van der Waals surface area contributed by atoms with Gasteiger partial charge in [0, 0.05) is 65.8 Å². The van der Waals surface area contributed by atoms with Gasteiger partial charge in [-0.3, -0.25) is 0 Å². The van der Waals surface area contributed by atoms with Crippen molar-refractivity contribution in [2.45, 2.75) is 52.4 Å². The van der Waals surface area contributed by atoms with Crippen LogP contribution in [-0.2, 0) is 10.8 Å². The Bertz CT molecular complexity index is 3800. The Kier molecular flexibility index (Phi) is 8.46. The van der Waals surface area contributed by atoms with Crippen LogP contribution in [0.15, 0.2) is 188 Å². The van der Waals surface area contributed by atoms with E-state index in [1.54, 1.807) is 0 Å². The van der Waals surface area contributed by atoms with Crippen LogP contribution in [0.3, 0.4) is 0 Å². The summed E-state index contributed by atoms with van der Waals surface area (Å²) >= 11 is 8.04. The second-order valence-electron chi connectivity index (χ2n) is 20.4. The van der Waals surface area contributed by atoms with Gasteiger partial charge in [0.15, 0.2) is 0 Å². The molecule has 9 aromatic carbocycles. The first-order valence-corrected chi connectivity index (χ1v) is 23.8. The number of nitrogens with zero attached hydrogens (tertiary/aromatic N) is 4. The predicted molar refractivity (Wildman–Crippen MR) is 288 cm³/mol. The SMILES string of the molecule is CC(C)(C)c1ccc(N(c2ccc3c4cccc5c6ccccc6n(c3c2)c54)c2cccc(N(c3ccc(C(C)(C)C)cc3)c3ccc4c5cccc6c7ccccc7n(c4c3)c65)c2Cl)cc1. The van der Waals surface area contributed by atoms with Crippen molar-refractivity contribution in [2.24, 2.45) is 0 Å². The maximum atomic E-state index is 8.04. The number of benzene rings is 9. The maximum Gasteiger partial charge on any atom is 0.0887 e. The highest BCUT2D eigenvalue weighted by atomic mass is 35.5. The highest BCUT2D eigenvalue weighted by Gasteiger charge is 2.27. The van der Waals surface area contributed by atoms with Crippen molar-refractivity contribution in [2.75, 3.05) is 9.80 Å². The van der Waals surface area contributed by atoms with Crippen LogP contribution in [0.4, 0.5) is 34.1 Å². The molecule has 5 heteroatoms.